The Morgan fingerprint density at radius 2 is 1.68 bits per heavy atom. The van der Waals surface area contributed by atoms with E-state index in [0.29, 0.717) is 11.3 Å². The van der Waals surface area contributed by atoms with Crippen LogP contribution in [-0.4, -0.2) is 36.0 Å². The first-order valence-electron chi connectivity index (χ1n) is 8.87. The normalized spacial score (nSPS) is 11.6. The lowest BCUT2D eigenvalue weighted by Crippen LogP contribution is -2.49. The van der Waals surface area contributed by atoms with Gasteiger partial charge < -0.3 is 20.5 Å². The minimum Gasteiger partial charge on any atom is -0.496 e. The molecule has 0 aliphatic carbocycles. The van der Waals surface area contributed by atoms with Crippen molar-refractivity contribution < 1.29 is 24.2 Å². The summed E-state index contributed by atoms with van der Waals surface area (Å²) in [4.78, 5) is 36.1. The van der Waals surface area contributed by atoms with E-state index >= 15 is 0 Å². The van der Waals surface area contributed by atoms with E-state index in [1.165, 1.54) is 19.2 Å². The molecule has 1 atom stereocenters. The average molecular weight is 384 g/mol. The lowest BCUT2D eigenvalue weighted by molar-refractivity contribution is -0.124. The maximum absolute atomic E-state index is 12.6. The number of nitrogens with one attached hydrogen (secondary N) is 2. The van der Waals surface area contributed by atoms with Crippen LogP contribution in [0, 0.1) is 5.92 Å². The number of hydrogen-bond acceptors (Lipinski definition) is 4. The van der Waals surface area contributed by atoms with Crippen LogP contribution in [0.4, 0.5) is 0 Å². The summed E-state index contributed by atoms with van der Waals surface area (Å²) < 4.78 is 5.20. The minimum atomic E-state index is -1.01. The average Bonchev–Trinajstić information content (AvgIpc) is 2.70. The topological polar surface area (TPSA) is 105 Å². The monoisotopic (exact) mass is 384 g/mol. The molecule has 0 aromatic heterocycles. The molecule has 2 aromatic rings. The quantitative estimate of drug-likeness (QED) is 0.648. The van der Waals surface area contributed by atoms with Gasteiger partial charge in [0.15, 0.2) is 0 Å². The molecule has 0 bridgehead atoms. The predicted octanol–water partition coefficient (Wildman–Crippen LogP) is 2.46. The Morgan fingerprint density at radius 3 is 2.25 bits per heavy atom. The molecule has 2 aromatic carbocycles. The van der Waals surface area contributed by atoms with E-state index in [-0.39, 0.29) is 23.9 Å². The molecule has 7 nitrogen and oxygen atoms in total. The zero-order valence-electron chi connectivity index (χ0n) is 16.1. The van der Waals surface area contributed by atoms with Gasteiger partial charge in [-0.15, -0.1) is 0 Å². The van der Waals surface area contributed by atoms with Crippen molar-refractivity contribution in [3.8, 4) is 5.75 Å². The number of carboxylic acids is 1. The molecule has 3 N–H and O–H groups in total. The molecule has 0 aliphatic rings. The van der Waals surface area contributed by atoms with Crippen molar-refractivity contribution in [1.82, 2.24) is 10.6 Å². The van der Waals surface area contributed by atoms with Crippen LogP contribution in [0.15, 0.2) is 48.5 Å². The zero-order chi connectivity index (χ0) is 20.7. The van der Waals surface area contributed by atoms with Crippen molar-refractivity contribution in [2.24, 2.45) is 5.92 Å². The van der Waals surface area contributed by atoms with Crippen molar-refractivity contribution in [3.63, 3.8) is 0 Å². The molecule has 1 unspecified atom stereocenters. The summed E-state index contributed by atoms with van der Waals surface area (Å²) in [5, 5.41) is 14.5. The molecule has 2 amide bonds. The first-order valence-corrected chi connectivity index (χ1v) is 8.87. The summed E-state index contributed by atoms with van der Waals surface area (Å²) in [6, 6.07) is 12.3. The van der Waals surface area contributed by atoms with E-state index in [9.17, 15) is 14.4 Å². The number of rotatable bonds is 8. The number of aromatic carboxylic acids is 1. The standard InChI is InChI=1S/C21H24N2O5/c1-13(2)18(23-19(24)16-6-4-5-7-17(16)28-3)20(25)22-12-14-8-10-15(11-9-14)21(26)27/h4-11,13,18H,12H2,1-3H3,(H,22,25)(H,23,24)(H,26,27). The van der Waals surface area contributed by atoms with E-state index in [4.69, 9.17) is 9.84 Å². The number of carboxylic acid groups (broad SMARTS) is 1. The third-order valence-electron chi connectivity index (χ3n) is 4.25. The van der Waals surface area contributed by atoms with E-state index in [0.717, 1.165) is 5.56 Å². The number of ether oxygens (including phenoxy) is 1. The molecule has 0 saturated heterocycles. The fourth-order valence-electron chi connectivity index (χ4n) is 2.65. The number of benzene rings is 2. The van der Waals surface area contributed by atoms with Crippen LogP contribution in [-0.2, 0) is 11.3 Å². The Bertz CT molecular complexity index is 846. The van der Waals surface area contributed by atoms with Crippen LogP contribution in [0.25, 0.3) is 0 Å². The molecule has 0 aliphatic heterocycles. The predicted molar refractivity (Wildman–Crippen MR) is 104 cm³/mol. The molecule has 0 fully saturated rings. The van der Waals surface area contributed by atoms with Gasteiger partial charge in [-0.3, -0.25) is 9.59 Å². The van der Waals surface area contributed by atoms with E-state index < -0.39 is 17.9 Å². The molecule has 0 heterocycles. The number of hydrogen-bond donors (Lipinski definition) is 3. The Morgan fingerprint density at radius 1 is 1.04 bits per heavy atom. The zero-order valence-corrected chi connectivity index (χ0v) is 16.1. The van der Waals surface area contributed by atoms with Gasteiger partial charge >= 0.3 is 5.97 Å². The Labute approximate surface area is 163 Å². The number of para-hydroxylation sites is 1. The highest BCUT2D eigenvalue weighted by molar-refractivity contribution is 5.99. The Balaban J connectivity index is 2.03. The van der Waals surface area contributed by atoms with E-state index in [1.54, 1.807) is 36.4 Å². The van der Waals surface area contributed by atoms with Crippen LogP contribution in [0.2, 0.25) is 0 Å². The largest absolute Gasteiger partial charge is 0.496 e. The van der Waals surface area contributed by atoms with Gasteiger partial charge in [0.2, 0.25) is 5.91 Å². The lowest BCUT2D eigenvalue weighted by atomic mass is 10.0. The van der Waals surface area contributed by atoms with Crippen LogP contribution in [0.1, 0.15) is 40.1 Å². The summed E-state index contributed by atoms with van der Waals surface area (Å²) in [5.74, 6) is -1.42. The second-order valence-electron chi connectivity index (χ2n) is 6.62. The fraction of sp³-hybridized carbons (Fsp3) is 0.286. The van der Waals surface area contributed by atoms with Gasteiger partial charge in [0.1, 0.15) is 11.8 Å². The van der Waals surface area contributed by atoms with Gasteiger partial charge in [0.25, 0.3) is 5.91 Å². The summed E-state index contributed by atoms with van der Waals surface area (Å²) in [5.41, 5.74) is 1.30. The Kier molecular flexibility index (Phi) is 7.14. The first kappa shape index (κ1) is 21.0. The van der Waals surface area contributed by atoms with Crippen molar-refractivity contribution in [3.05, 3.63) is 65.2 Å². The number of amides is 2. The van der Waals surface area contributed by atoms with Gasteiger partial charge in [0, 0.05) is 6.54 Å². The highest BCUT2D eigenvalue weighted by atomic mass is 16.5. The highest BCUT2D eigenvalue weighted by Gasteiger charge is 2.25. The van der Waals surface area contributed by atoms with E-state index in [1.807, 2.05) is 13.8 Å². The molecule has 0 saturated carbocycles. The molecule has 0 spiro atoms. The second-order valence-corrected chi connectivity index (χ2v) is 6.62. The van der Waals surface area contributed by atoms with Crippen LogP contribution in [0.3, 0.4) is 0 Å². The summed E-state index contributed by atoms with van der Waals surface area (Å²) in [7, 11) is 1.48. The molecule has 28 heavy (non-hydrogen) atoms. The van der Waals surface area contributed by atoms with Crippen molar-refractivity contribution in [1.29, 1.82) is 0 Å². The van der Waals surface area contributed by atoms with E-state index in [2.05, 4.69) is 10.6 Å². The molecular weight excluding hydrogens is 360 g/mol. The Hall–Kier alpha value is -3.35. The van der Waals surface area contributed by atoms with Crippen LogP contribution in [0.5, 0.6) is 5.75 Å². The number of carbonyl (C=O) groups is 3. The molecule has 148 valence electrons. The number of methoxy groups -OCH3 is 1. The second kappa shape index (κ2) is 9.55. The molecular formula is C21H24N2O5. The smallest absolute Gasteiger partial charge is 0.335 e. The first-order chi connectivity index (χ1) is 13.3. The maximum atomic E-state index is 12.6. The fourth-order valence-corrected chi connectivity index (χ4v) is 2.65. The highest BCUT2D eigenvalue weighted by Crippen LogP contribution is 2.17. The lowest BCUT2D eigenvalue weighted by Gasteiger charge is -2.22. The summed E-state index contributed by atoms with van der Waals surface area (Å²) in [6.45, 7) is 3.91. The third kappa shape index (κ3) is 5.33. The molecule has 7 heteroatoms. The SMILES string of the molecule is COc1ccccc1C(=O)NC(C(=O)NCc1ccc(C(=O)O)cc1)C(C)C. The van der Waals surface area contributed by atoms with Crippen molar-refractivity contribution in [2.45, 2.75) is 26.4 Å². The molecule has 2 rings (SSSR count). The van der Waals surface area contributed by atoms with Gasteiger partial charge in [-0.05, 0) is 35.7 Å². The number of carbonyl (C=O) groups excluding carboxylic acids is 2. The van der Waals surface area contributed by atoms with Crippen molar-refractivity contribution in [2.75, 3.05) is 7.11 Å². The maximum Gasteiger partial charge on any atom is 0.335 e. The van der Waals surface area contributed by atoms with Crippen molar-refractivity contribution >= 4 is 17.8 Å². The van der Waals surface area contributed by atoms with Crippen LogP contribution >= 0.6 is 0 Å². The van der Waals surface area contributed by atoms with Gasteiger partial charge in [-0.2, -0.15) is 0 Å². The third-order valence-corrected chi connectivity index (χ3v) is 4.25. The van der Waals surface area contributed by atoms with Gasteiger partial charge in [-0.1, -0.05) is 38.1 Å². The minimum absolute atomic E-state index is 0.131. The van der Waals surface area contributed by atoms with Gasteiger partial charge in [-0.25, -0.2) is 4.79 Å². The van der Waals surface area contributed by atoms with Gasteiger partial charge in [0.05, 0.1) is 18.2 Å². The summed E-state index contributed by atoms with van der Waals surface area (Å²) in [6.07, 6.45) is 0. The summed E-state index contributed by atoms with van der Waals surface area (Å²) >= 11 is 0. The molecule has 0 radical (unpaired) electrons. The van der Waals surface area contributed by atoms with Crippen LogP contribution < -0.4 is 15.4 Å².